The summed E-state index contributed by atoms with van der Waals surface area (Å²) in [5, 5.41) is 3.72. The van der Waals surface area contributed by atoms with E-state index in [1.807, 2.05) is 26.0 Å². The Morgan fingerprint density at radius 2 is 2.25 bits per heavy atom. The molecule has 0 bridgehead atoms. The molecular formula is C12H16ClNO2. The molecular weight excluding hydrogens is 226 g/mol. The summed E-state index contributed by atoms with van der Waals surface area (Å²) < 4.78 is 4.71. The third-order valence-electron chi connectivity index (χ3n) is 2.43. The van der Waals surface area contributed by atoms with Crippen molar-refractivity contribution in [2.24, 2.45) is 0 Å². The second-order valence-corrected chi connectivity index (χ2v) is 3.97. The zero-order valence-electron chi connectivity index (χ0n) is 9.71. The summed E-state index contributed by atoms with van der Waals surface area (Å²) in [6.07, 6.45) is 0.650. The van der Waals surface area contributed by atoms with E-state index in [1.165, 1.54) is 7.11 Å². The summed E-state index contributed by atoms with van der Waals surface area (Å²) in [6.45, 7) is 3.86. The average Bonchev–Trinajstić information content (AvgIpc) is 2.28. The molecule has 1 aromatic rings. The molecule has 0 saturated carbocycles. The first kappa shape index (κ1) is 12.8. The van der Waals surface area contributed by atoms with Crippen molar-refractivity contribution < 1.29 is 9.53 Å². The number of methoxy groups -OCH3 is 1. The normalized spacial score (nSPS) is 12.0. The van der Waals surface area contributed by atoms with E-state index >= 15 is 0 Å². The Balaban J connectivity index is 2.90. The molecule has 4 heteroatoms. The minimum absolute atomic E-state index is 0.276. The van der Waals surface area contributed by atoms with E-state index in [0.29, 0.717) is 11.4 Å². The molecule has 0 amide bonds. The molecule has 0 radical (unpaired) electrons. The van der Waals surface area contributed by atoms with Crippen molar-refractivity contribution in [3.8, 4) is 0 Å². The molecule has 3 nitrogen and oxygen atoms in total. The van der Waals surface area contributed by atoms with Gasteiger partial charge in [0.25, 0.3) is 0 Å². The quantitative estimate of drug-likeness (QED) is 0.824. The van der Waals surface area contributed by atoms with Crippen LogP contribution in [0.2, 0.25) is 5.02 Å². The summed E-state index contributed by atoms with van der Waals surface area (Å²) in [5.74, 6) is -0.276. The molecule has 1 aromatic carbocycles. The van der Waals surface area contributed by atoms with Crippen molar-refractivity contribution in [3.63, 3.8) is 0 Å². The summed E-state index contributed by atoms with van der Waals surface area (Å²) in [5.41, 5.74) is 1.80. The fourth-order valence-corrected chi connectivity index (χ4v) is 1.74. The first-order valence-corrected chi connectivity index (χ1v) is 5.57. The van der Waals surface area contributed by atoms with E-state index in [9.17, 15) is 4.79 Å². The standard InChI is InChI=1S/C12H16ClNO2/c1-4-10(12(15)16-3)14-11-8(2)6-5-7-9(11)13/h5-7,10,14H,4H2,1-3H3. The number of nitrogens with one attached hydrogen (secondary N) is 1. The highest BCUT2D eigenvalue weighted by Crippen LogP contribution is 2.26. The van der Waals surface area contributed by atoms with Gasteiger partial charge in [-0.05, 0) is 25.0 Å². The highest BCUT2D eigenvalue weighted by molar-refractivity contribution is 6.33. The van der Waals surface area contributed by atoms with Crippen LogP contribution < -0.4 is 5.32 Å². The Hall–Kier alpha value is -1.22. The predicted octanol–water partition coefficient (Wildman–Crippen LogP) is 3.01. The van der Waals surface area contributed by atoms with Gasteiger partial charge in [-0.3, -0.25) is 0 Å². The van der Waals surface area contributed by atoms with Crippen molar-refractivity contribution in [1.29, 1.82) is 0 Å². The largest absolute Gasteiger partial charge is 0.467 e. The minimum Gasteiger partial charge on any atom is -0.467 e. The van der Waals surface area contributed by atoms with E-state index in [2.05, 4.69) is 5.32 Å². The number of halogens is 1. The zero-order chi connectivity index (χ0) is 12.1. The highest BCUT2D eigenvalue weighted by atomic mass is 35.5. The molecule has 0 saturated heterocycles. The molecule has 16 heavy (non-hydrogen) atoms. The third kappa shape index (κ3) is 2.89. The van der Waals surface area contributed by atoms with Gasteiger partial charge in [0.05, 0.1) is 17.8 Å². The van der Waals surface area contributed by atoms with Crippen LogP contribution in [0.1, 0.15) is 18.9 Å². The van der Waals surface area contributed by atoms with Crippen molar-refractivity contribution in [3.05, 3.63) is 28.8 Å². The summed E-state index contributed by atoms with van der Waals surface area (Å²) in [7, 11) is 1.38. The van der Waals surface area contributed by atoms with Crippen molar-refractivity contribution in [1.82, 2.24) is 0 Å². The lowest BCUT2D eigenvalue weighted by molar-refractivity contribution is -0.141. The number of esters is 1. The maximum absolute atomic E-state index is 11.4. The number of ether oxygens (including phenoxy) is 1. The molecule has 1 atom stereocenters. The van der Waals surface area contributed by atoms with E-state index < -0.39 is 0 Å². The topological polar surface area (TPSA) is 38.3 Å². The Morgan fingerprint density at radius 1 is 1.56 bits per heavy atom. The van der Waals surface area contributed by atoms with Crippen LogP contribution in [-0.4, -0.2) is 19.1 Å². The van der Waals surface area contributed by atoms with E-state index in [1.54, 1.807) is 6.07 Å². The van der Waals surface area contributed by atoms with Gasteiger partial charge >= 0.3 is 5.97 Å². The summed E-state index contributed by atoms with van der Waals surface area (Å²) in [4.78, 5) is 11.4. The molecule has 0 aromatic heterocycles. The maximum Gasteiger partial charge on any atom is 0.328 e. The molecule has 0 heterocycles. The van der Waals surface area contributed by atoms with Gasteiger partial charge in [-0.2, -0.15) is 0 Å². The van der Waals surface area contributed by atoms with E-state index in [-0.39, 0.29) is 12.0 Å². The van der Waals surface area contributed by atoms with Crippen LogP contribution in [0.5, 0.6) is 0 Å². The number of carbonyl (C=O) groups is 1. The number of carbonyl (C=O) groups excluding carboxylic acids is 1. The van der Waals surface area contributed by atoms with Crippen LogP contribution >= 0.6 is 11.6 Å². The predicted molar refractivity (Wildman–Crippen MR) is 65.9 cm³/mol. The van der Waals surface area contributed by atoms with Crippen molar-refractivity contribution >= 4 is 23.3 Å². The SMILES string of the molecule is CCC(Nc1c(C)cccc1Cl)C(=O)OC. The minimum atomic E-state index is -0.358. The number of hydrogen-bond acceptors (Lipinski definition) is 3. The van der Waals surface area contributed by atoms with Gasteiger partial charge in [-0.15, -0.1) is 0 Å². The molecule has 1 rings (SSSR count). The number of para-hydroxylation sites is 1. The number of rotatable bonds is 4. The fraction of sp³-hybridized carbons (Fsp3) is 0.417. The van der Waals surface area contributed by atoms with Gasteiger partial charge in [0.1, 0.15) is 6.04 Å². The zero-order valence-corrected chi connectivity index (χ0v) is 10.5. The maximum atomic E-state index is 11.4. The number of anilines is 1. The lowest BCUT2D eigenvalue weighted by Crippen LogP contribution is -2.30. The van der Waals surface area contributed by atoms with Crippen molar-refractivity contribution in [2.45, 2.75) is 26.3 Å². The first-order chi connectivity index (χ1) is 7.60. The Labute approximate surface area is 101 Å². The Bertz CT molecular complexity index is 359. The smallest absolute Gasteiger partial charge is 0.328 e. The molecule has 1 N–H and O–H groups in total. The van der Waals surface area contributed by atoms with Gasteiger partial charge in [0.15, 0.2) is 0 Å². The highest BCUT2D eigenvalue weighted by Gasteiger charge is 2.18. The summed E-state index contributed by atoms with van der Waals surface area (Å²) in [6, 6.07) is 5.25. The van der Waals surface area contributed by atoms with Gasteiger partial charge in [-0.1, -0.05) is 30.7 Å². The van der Waals surface area contributed by atoms with Crippen LogP contribution in [0.25, 0.3) is 0 Å². The molecule has 0 spiro atoms. The molecule has 0 aliphatic carbocycles. The van der Waals surface area contributed by atoms with Crippen LogP contribution in [0.15, 0.2) is 18.2 Å². The molecule has 0 fully saturated rings. The van der Waals surface area contributed by atoms with Gasteiger partial charge in [0, 0.05) is 0 Å². The van der Waals surface area contributed by atoms with Crippen LogP contribution in [0.4, 0.5) is 5.69 Å². The number of hydrogen-bond donors (Lipinski definition) is 1. The second-order valence-electron chi connectivity index (χ2n) is 3.56. The molecule has 0 aliphatic heterocycles. The monoisotopic (exact) mass is 241 g/mol. The molecule has 0 aliphatic rings. The van der Waals surface area contributed by atoms with Gasteiger partial charge < -0.3 is 10.1 Å². The lowest BCUT2D eigenvalue weighted by atomic mass is 10.1. The van der Waals surface area contributed by atoms with Crippen molar-refractivity contribution in [2.75, 3.05) is 12.4 Å². The summed E-state index contributed by atoms with van der Waals surface area (Å²) >= 11 is 6.06. The first-order valence-electron chi connectivity index (χ1n) is 5.19. The lowest BCUT2D eigenvalue weighted by Gasteiger charge is -2.18. The molecule has 1 unspecified atom stereocenters. The number of benzene rings is 1. The van der Waals surface area contributed by atoms with Crippen LogP contribution in [0.3, 0.4) is 0 Å². The average molecular weight is 242 g/mol. The Kier molecular flexibility index (Phi) is 4.62. The third-order valence-corrected chi connectivity index (χ3v) is 2.75. The fourth-order valence-electron chi connectivity index (χ4n) is 1.46. The Morgan fingerprint density at radius 3 is 2.75 bits per heavy atom. The van der Waals surface area contributed by atoms with E-state index in [0.717, 1.165) is 11.3 Å². The van der Waals surface area contributed by atoms with Crippen LogP contribution in [-0.2, 0) is 9.53 Å². The van der Waals surface area contributed by atoms with Gasteiger partial charge in [0.2, 0.25) is 0 Å². The van der Waals surface area contributed by atoms with Crippen LogP contribution in [0, 0.1) is 6.92 Å². The van der Waals surface area contributed by atoms with Gasteiger partial charge in [-0.25, -0.2) is 4.79 Å². The van der Waals surface area contributed by atoms with E-state index in [4.69, 9.17) is 16.3 Å². The molecule has 88 valence electrons. The second kappa shape index (κ2) is 5.75. The number of aryl methyl sites for hydroxylation is 1.